The Morgan fingerprint density at radius 1 is 1.00 bits per heavy atom. The summed E-state index contributed by atoms with van der Waals surface area (Å²) in [6, 6.07) is 10.9. The van der Waals surface area contributed by atoms with Crippen molar-refractivity contribution in [2.24, 2.45) is 0 Å². The average Bonchev–Trinajstić information content (AvgIpc) is 2.51. The van der Waals surface area contributed by atoms with Gasteiger partial charge in [0, 0.05) is 18.5 Å². The second-order valence-corrected chi connectivity index (χ2v) is 5.08. The lowest BCUT2D eigenvalue weighted by molar-refractivity contribution is 0.0950. The lowest BCUT2D eigenvalue weighted by atomic mass is 10.0. The molecule has 0 unspecified atom stereocenters. The van der Waals surface area contributed by atoms with Crippen molar-refractivity contribution in [1.29, 1.82) is 0 Å². The minimum Gasteiger partial charge on any atom is -0.506 e. The number of aromatic hydroxyl groups is 1. The molecule has 2 aromatic carbocycles. The maximum Gasteiger partial charge on any atom is 0.255 e. The number of hydrogen-bond acceptors (Lipinski definition) is 3. The first-order valence-corrected chi connectivity index (χ1v) is 7.34. The molecule has 0 aliphatic heterocycles. The minimum atomic E-state index is -0.250. The molecule has 2 aromatic rings. The van der Waals surface area contributed by atoms with Gasteiger partial charge in [-0.3, -0.25) is 4.79 Å². The second kappa shape index (κ2) is 7.64. The van der Waals surface area contributed by atoms with Crippen molar-refractivity contribution in [3.8, 4) is 5.75 Å². The van der Waals surface area contributed by atoms with E-state index >= 15 is 0 Å². The van der Waals surface area contributed by atoms with Gasteiger partial charge in [-0.2, -0.15) is 0 Å². The van der Waals surface area contributed by atoms with Gasteiger partial charge in [0.2, 0.25) is 0 Å². The van der Waals surface area contributed by atoms with Gasteiger partial charge in [0.15, 0.2) is 0 Å². The number of phenolic OH excluding ortho intramolecular Hbond substituents is 1. The summed E-state index contributed by atoms with van der Waals surface area (Å²) in [6.07, 6.45) is 3.62. The Bertz CT molecular complexity index is 610. The first kappa shape index (κ1) is 15.3. The number of amides is 1. The highest BCUT2D eigenvalue weighted by atomic mass is 16.3. The molecule has 0 fully saturated rings. The van der Waals surface area contributed by atoms with Crippen molar-refractivity contribution in [3.05, 3.63) is 42.0 Å². The van der Waals surface area contributed by atoms with Gasteiger partial charge < -0.3 is 15.5 Å². The fraction of sp³-hybridized carbons (Fsp3) is 0.353. The molecule has 0 aromatic heterocycles. The Balaban J connectivity index is 1.95. The third kappa shape index (κ3) is 3.95. The van der Waals surface area contributed by atoms with Gasteiger partial charge in [0.25, 0.3) is 5.91 Å². The van der Waals surface area contributed by atoms with Crippen LogP contribution in [0.2, 0.25) is 0 Å². The molecular formula is C17H21NO3. The van der Waals surface area contributed by atoms with Crippen molar-refractivity contribution in [2.45, 2.75) is 25.7 Å². The first-order valence-electron chi connectivity index (χ1n) is 7.34. The normalized spacial score (nSPS) is 10.7. The number of aliphatic hydroxyl groups is 1. The SMILES string of the molecule is O=C(NCCCCCCO)c1ccc2ccccc2c1O. The predicted octanol–water partition coefficient (Wildman–Crippen LogP) is 2.83. The number of carbonyl (C=O) groups is 1. The lowest BCUT2D eigenvalue weighted by Crippen LogP contribution is -2.24. The number of fused-ring (bicyclic) bond motifs is 1. The van der Waals surface area contributed by atoms with Crippen LogP contribution in [0.25, 0.3) is 10.8 Å². The van der Waals surface area contributed by atoms with Crippen LogP contribution in [-0.4, -0.2) is 29.3 Å². The van der Waals surface area contributed by atoms with Gasteiger partial charge in [-0.1, -0.05) is 43.2 Å². The van der Waals surface area contributed by atoms with E-state index in [4.69, 9.17) is 5.11 Å². The van der Waals surface area contributed by atoms with E-state index < -0.39 is 0 Å². The number of benzene rings is 2. The average molecular weight is 287 g/mol. The summed E-state index contributed by atoms with van der Waals surface area (Å²) in [5.74, 6) is -0.216. The van der Waals surface area contributed by atoms with E-state index in [1.54, 1.807) is 12.1 Å². The van der Waals surface area contributed by atoms with Crippen LogP contribution in [-0.2, 0) is 0 Å². The van der Waals surface area contributed by atoms with Crippen LogP contribution in [0.1, 0.15) is 36.0 Å². The van der Waals surface area contributed by atoms with Crippen molar-refractivity contribution in [2.75, 3.05) is 13.2 Å². The topological polar surface area (TPSA) is 69.6 Å². The minimum absolute atomic E-state index is 0.0332. The highest BCUT2D eigenvalue weighted by molar-refractivity contribution is 6.03. The lowest BCUT2D eigenvalue weighted by Gasteiger charge is -2.09. The molecule has 21 heavy (non-hydrogen) atoms. The van der Waals surface area contributed by atoms with Crippen LogP contribution in [0.3, 0.4) is 0 Å². The highest BCUT2D eigenvalue weighted by Gasteiger charge is 2.12. The molecule has 4 nitrogen and oxygen atoms in total. The van der Waals surface area contributed by atoms with E-state index in [-0.39, 0.29) is 18.3 Å². The van der Waals surface area contributed by atoms with Crippen LogP contribution < -0.4 is 5.32 Å². The Morgan fingerprint density at radius 3 is 2.57 bits per heavy atom. The zero-order valence-corrected chi connectivity index (χ0v) is 12.0. The fourth-order valence-corrected chi connectivity index (χ4v) is 2.33. The number of phenols is 1. The highest BCUT2D eigenvalue weighted by Crippen LogP contribution is 2.28. The van der Waals surface area contributed by atoms with Crippen LogP contribution in [0.15, 0.2) is 36.4 Å². The van der Waals surface area contributed by atoms with Gasteiger partial charge in [0.05, 0.1) is 5.56 Å². The third-order valence-corrected chi connectivity index (χ3v) is 3.52. The molecule has 0 heterocycles. The van der Waals surface area contributed by atoms with Crippen LogP contribution in [0.4, 0.5) is 0 Å². The molecule has 1 amide bonds. The van der Waals surface area contributed by atoms with Crippen LogP contribution in [0.5, 0.6) is 5.75 Å². The fourth-order valence-electron chi connectivity index (χ4n) is 2.33. The summed E-state index contributed by atoms with van der Waals surface area (Å²) in [6.45, 7) is 0.799. The number of rotatable bonds is 7. The molecule has 2 rings (SSSR count). The number of aliphatic hydroxyl groups excluding tert-OH is 1. The molecule has 0 aliphatic carbocycles. The van der Waals surface area contributed by atoms with Gasteiger partial charge in [-0.05, 0) is 24.3 Å². The molecule has 112 valence electrons. The number of carbonyl (C=O) groups excluding carboxylic acids is 1. The summed E-state index contributed by atoms with van der Waals surface area (Å²) < 4.78 is 0. The summed E-state index contributed by atoms with van der Waals surface area (Å²) >= 11 is 0. The number of nitrogens with one attached hydrogen (secondary N) is 1. The van der Waals surface area contributed by atoms with E-state index in [1.165, 1.54) is 0 Å². The van der Waals surface area contributed by atoms with E-state index in [9.17, 15) is 9.90 Å². The Labute approximate surface area is 124 Å². The standard InChI is InChI=1S/C17H21NO3/c19-12-6-2-1-5-11-18-17(21)15-10-9-13-7-3-4-8-14(13)16(15)20/h3-4,7-10,19-20H,1-2,5-6,11-12H2,(H,18,21). The van der Waals surface area contributed by atoms with Crippen molar-refractivity contribution >= 4 is 16.7 Å². The van der Waals surface area contributed by atoms with Gasteiger partial charge in [-0.15, -0.1) is 0 Å². The van der Waals surface area contributed by atoms with Crippen molar-refractivity contribution in [1.82, 2.24) is 5.32 Å². The Hall–Kier alpha value is -2.07. The van der Waals surface area contributed by atoms with Crippen LogP contribution in [0, 0.1) is 0 Å². The van der Waals surface area contributed by atoms with E-state index in [0.29, 0.717) is 17.5 Å². The zero-order valence-electron chi connectivity index (χ0n) is 12.0. The van der Waals surface area contributed by atoms with Crippen molar-refractivity contribution in [3.63, 3.8) is 0 Å². The monoisotopic (exact) mass is 287 g/mol. The number of hydrogen-bond donors (Lipinski definition) is 3. The third-order valence-electron chi connectivity index (χ3n) is 3.52. The summed E-state index contributed by atoms with van der Waals surface area (Å²) in [7, 11) is 0. The molecule has 0 spiro atoms. The molecule has 0 aliphatic rings. The largest absolute Gasteiger partial charge is 0.506 e. The Kier molecular flexibility index (Phi) is 5.58. The quantitative estimate of drug-likeness (QED) is 0.686. The second-order valence-electron chi connectivity index (χ2n) is 5.08. The molecule has 4 heteroatoms. The molecular weight excluding hydrogens is 266 g/mol. The predicted molar refractivity (Wildman–Crippen MR) is 83.5 cm³/mol. The van der Waals surface area contributed by atoms with E-state index in [1.807, 2.05) is 24.3 Å². The molecule has 0 atom stereocenters. The maximum atomic E-state index is 12.1. The molecule has 0 saturated carbocycles. The van der Waals surface area contributed by atoms with Gasteiger partial charge in [0.1, 0.15) is 5.75 Å². The molecule has 3 N–H and O–H groups in total. The molecule has 0 saturated heterocycles. The van der Waals surface area contributed by atoms with Crippen LogP contribution >= 0.6 is 0 Å². The summed E-state index contributed by atoms with van der Waals surface area (Å²) in [5, 5.41) is 23.3. The van der Waals surface area contributed by atoms with E-state index in [2.05, 4.69) is 5.32 Å². The van der Waals surface area contributed by atoms with Gasteiger partial charge in [-0.25, -0.2) is 0 Å². The number of unbranched alkanes of at least 4 members (excludes halogenated alkanes) is 3. The van der Waals surface area contributed by atoms with Gasteiger partial charge >= 0.3 is 0 Å². The first-order chi connectivity index (χ1) is 10.2. The summed E-state index contributed by atoms with van der Waals surface area (Å²) in [4.78, 5) is 12.1. The van der Waals surface area contributed by atoms with E-state index in [0.717, 1.165) is 31.1 Å². The zero-order chi connectivity index (χ0) is 15.1. The maximum absolute atomic E-state index is 12.1. The summed E-state index contributed by atoms with van der Waals surface area (Å²) in [5.41, 5.74) is 0.309. The molecule has 0 bridgehead atoms. The molecule has 0 radical (unpaired) electrons. The van der Waals surface area contributed by atoms with Crippen molar-refractivity contribution < 1.29 is 15.0 Å². The smallest absolute Gasteiger partial charge is 0.255 e. The Morgan fingerprint density at radius 2 is 1.76 bits per heavy atom.